The van der Waals surface area contributed by atoms with Gasteiger partial charge in [-0.25, -0.2) is 4.99 Å². The molecule has 0 aliphatic rings. The molecule has 0 aliphatic carbocycles. The van der Waals surface area contributed by atoms with Crippen LogP contribution in [0.25, 0.3) is 0 Å². The molecule has 0 aromatic heterocycles. The lowest BCUT2D eigenvalue weighted by Gasteiger charge is -2.13. The summed E-state index contributed by atoms with van der Waals surface area (Å²) in [7, 11) is 0. The summed E-state index contributed by atoms with van der Waals surface area (Å²) >= 11 is 0. The smallest absolute Gasteiger partial charge is 0.191 e. The van der Waals surface area contributed by atoms with E-state index in [1.165, 1.54) is 0 Å². The molecule has 0 saturated heterocycles. The average Bonchev–Trinajstić information content (AvgIpc) is 2.36. The highest BCUT2D eigenvalue weighted by Gasteiger charge is 1.99. The molecule has 0 aliphatic heterocycles. The second kappa shape index (κ2) is 9.62. The van der Waals surface area contributed by atoms with Crippen LogP contribution >= 0.6 is 24.0 Å². The molecule has 104 valence electrons. The third kappa shape index (κ3) is 7.01. The molecule has 1 aromatic rings. The Balaban J connectivity index is 0.00000324. The number of nitrogens with zero attached hydrogens (tertiary/aromatic N) is 2. The van der Waals surface area contributed by atoms with E-state index in [-0.39, 0.29) is 24.0 Å². The third-order valence-corrected chi connectivity index (χ3v) is 2.27. The van der Waals surface area contributed by atoms with Crippen LogP contribution in [0.2, 0.25) is 0 Å². The number of rotatable bonds is 4. The Kier molecular flexibility index (Phi) is 8.96. The zero-order chi connectivity index (χ0) is 13.4. The summed E-state index contributed by atoms with van der Waals surface area (Å²) in [4.78, 5) is 4.49. The maximum Gasteiger partial charge on any atom is 0.191 e. The number of aliphatic imine (C=N–C) groups is 1. The first-order chi connectivity index (χ1) is 8.65. The van der Waals surface area contributed by atoms with Crippen molar-refractivity contribution in [3.05, 3.63) is 35.4 Å². The number of nitriles is 1. The van der Waals surface area contributed by atoms with Gasteiger partial charge in [-0.1, -0.05) is 12.1 Å². The van der Waals surface area contributed by atoms with Crippen LogP contribution in [0.15, 0.2) is 29.3 Å². The summed E-state index contributed by atoms with van der Waals surface area (Å²) < 4.78 is 0. The standard InChI is InChI=1S/C14H20N4.HI/c1-4-16-14(18-11(2)3)17-10-13-7-5-12(9-15)6-8-13;/h5-8,11H,4,10H2,1-3H3,(H2,16,17,18);1H. The molecule has 0 radical (unpaired) electrons. The van der Waals surface area contributed by atoms with Crippen molar-refractivity contribution in [3.8, 4) is 6.07 Å². The molecule has 1 aromatic carbocycles. The molecule has 4 nitrogen and oxygen atoms in total. The number of nitrogens with one attached hydrogen (secondary N) is 2. The lowest BCUT2D eigenvalue weighted by atomic mass is 10.1. The molecule has 0 fully saturated rings. The second-order valence-electron chi connectivity index (χ2n) is 4.30. The van der Waals surface area contributed by atoms with Crippen LogP contribution in [0.1, 0.15) is 31.9 Å². The monoisotopic (exact) mass is 372 g/mol. The third-order valence-electron chi connectivity index (χ3n) is 2.27. The molecule has 1 rings (SSSR count). The predicted molar refractivity (Wildman–Crippen MR) is 89.7 cm³/mol. The molecule has 0 unspecified atom stereocenters. The Labute approximate surface area is 132 Å². The van der Waals surface area contributed by atoms with Crippen LogP contribution in [0.4, 0.5) is 0 Å². The minimum Gasteiger partial charge on any atom is -0.357 e. The molecule has 0 heterocycles. The fourth-order valence-corrected chi connectivity index (χ4v) is 1.45. The van der Waals surface area contributed by atoms with Crippen molar-refractivity contribution in [2.75, 3.05) is 6.54 Å². The fraction of sp³-hybridized carbons (Fsp3) is 0.429. The molecule has 0 amide bonds. The summed E-state index contributed by atoms with van der Waals surface area (Å²) in [6, 6.07) is 9.95. The Bertz CT molecular complexity index is 432. The van der Waals surface area contributed by atoms with Gasteiger partial charge >= 0.3 is 0 Å². The number of guanidine groups is 1. The molecule has 19 heavy (non-hydrogen) atoms. The maximum absolute atomic E-state index is 8.72. The van der Waals surface area contributed by atoms with Gasteiger partial charge in [0.1, 0.15) is 0 Å². The van der Waals surface area contributed by atoms with Gasteiger partial charge in [0.05, 0.1) is 18.2 Å². The van der Waals surface area contributed by atoms with E-state index in [4.69, 9.17) is 5.26 Å². The summed E-state index contributed by atoms with van der Waals surface area (Å²) in [5.74, 6) is 0.817. The number of halogens is 1. The molecular formula is C14H21IN4. The molecular weight excluding hydrogens is 351 g/mol. The van der Waals surface area contributed by atoms with Crippen molar-refractivity contribution in [3.63, 3.8) is 0 Å². The van der Waals surface area contributed by atoms with Crippen LogP contribution < -0.4 is 10.6 Å². The van der Waals surface area contributed by atoms with E-state index in [9.17, 15) is 0 Å². The summed E-state index contributed by atoms with van der Waals surface area (Å²) in [6.07, 6.45) is 0. The minimum absolute atomic E-state index is 0. The first kappa shape index (κ1) is 17.7. The van der Waals surface area contributed by atoms with Crippen molar-refractivity contribution in [2.45, 2.75) is 33.4 Å². The highest BCUT2D eigenvalue weighted by atomic mass is 127. The predicted octanol–water partition coefficient (Wildman–Crippen LogP) is 2.64. The molecule has 0 atom stereocenters. The highest BCUT2D eigenvalue weighted by Crippen LogP contribution is 2.04. The molecule has 0 bridgehead atoms. The Morgan fingerprint density at radius 2 is 1.95 bits per heavy atom. The van der Waals surface area contributed by atoms with Crippen molar-refractivity contribution < 1.29 is 0 Å². The minimum atomic E-state index is 0. The Morgan fingerprint density at radius 1 is 1.32 bits per heavy atom. The van der Waals surface area contributed by atoms with Crippen LogP contribution in [-0.4, -0.2) is 18.5 Å². The largest absolute Gasteiger partial charge is 0.357 e. The van der Waals surface area contributed by atoms with Gasteiger partial charge in [-0.3, -0.25) is 0 Å². The Morgan fingerprint density at radius 3 is 2.42 bits per heavy atom. The van der Waals surface area contributed by atoms with Crippen LogP contribution in [0.3, 0.4) is 0 Å². The van der Waals surface area contributed by atoms with Crippen LogP contribution in [-0.2, 0) is 6.54 Å². The van der Waals surface area contributed by atoms with Gasteiger partial charge in [-0.15, -0.1) is 24.0 Å². The molecule has 2 N–H and O–H groups in total. The first-order valence-electron chi connectivity index (χ1n) is 6.19. The zero-order valence-electron chi connectivity index (χ0n) is 11.6. The SMILES string of the molecule is CCNC(=NCc1ccc(C#N)cc1)NC(C)C.I. The normalized spacial score (nSPS) is 10.6. The van der Waals surface area contributed by atoms with Crippen molar-refractivity contribution >= 4 is 29.9 Å². The number of hydrogen-bond donors (Lipinski definition) is 2. The fourth-order valence-electron chi connectivity index (χ4n) is 1.45. The van der Waals surface area contributed by atoms with Gasteiger partial charge in [0.2, 0.25) is 0 Å². The van der Waals surface area contributed by atoms with Crippen molar-refractivity contribution in [1.82, 2.24) is 10.6 Å². The quantitative estimate of drug-likeness (QED) is 0.485. The lowest BCUT2D eigenvalue weighted by molar-refractivity contribution is 0.700. The van der Waals surface area contributed by atoms with E-state index >= 15 is 0 Å². The van der Waals surface area contributed by atoms with E-state index in [1.54, 1.807) is 0 Å². The number of hydrogen-bond acceptors (Lipinski definition) is 2. The van der Waals surface area contributed by atoms with Gasteiger partial charge in [-0.2, -0.15) is 5.26 Å². The van der Waals surface area contributed by atoms with Gasteiger partial charge in [0, 0.05) is 12.6 Å². The van der Waals surface area contributed by atoms with E-state index in [2.05, 4.69) is 35.5 Å². The molecule has 0 saturated carbocycles. The first-order valence-corrected chi connectivity index (χ1v) is 6.19. The van der Waals surface area contributed by atoms with Crippen LogP contribution in [0.5, 0.6) is 0 Å². The van der Waals surface area contributed by atoms with Gasteiger partial charge in [0.15, 0.2) is 5.96 Å². The molecule has 5 heteroatoms. The van der Waals surface area contributed by atoms with Crippen molar-refractivity contribution in [1.29, 1.82) is 5.26 Å². The highest BCUT2D eigenvalue weighted by molar-refractivity contribution is 14.0. The van der Waals surface area contributed by atoms with Gasteiger partial charge in [0.25, 0.3) is 0 Å². The summed E-state index contributed by atoms with van der Waals surface area (Å²) in [5.41, 5.74) is 1.77. The summed E-state index contributed by atoms with van der Waals surface area (Å²) in [6.45, 7) is 7.64. The zero-order valence-corrected chi connectivity index (χ0v) is 13.9. The number of benzene rings is 1. The van der Waals surface area contributed by atoms with E-state index in [0.29, 0.717) is 18.2 Å². The van der Waals surface area contributed by atoms with E-state index in [0.717, 1.165) is 18.1 Å². The Hall–Kier alpha value is -1.29. The second-order valence-corrected chi connectivity index (χ2v) is 4.30. The van der Waals surface area contributed by atoms with Gasteiger partial charge < -0.3 is 10.6 Å². The van der Waals surface area contributed by atoms with Crippen molar-refractivity contribution in [2.24, 2.45) is 4.99 Å². The summed E-state index contributed by atoms with van der Waals surface area (Å²) in [5, 5.41) is 15.2. The van der Waals surface area contributed by atoms with E-state index in [1.807, 2.05) is 31.2 Å². The topological polar surface area (TPSA) is 60.2 Å². The van der Waals surface area contributed by atoms with Crippen LogP contribution in [0, 0.1) is 11.3 Å². The average molecular weight is 372 g/mol. The maximum atomic E-state index is 8.72. The van der Waals surface area contributed by atoms with Gasteiger partial charge in [-0.05, 0) is 38.5 Å². The van der Waals surface area contributed by atoms with E-state index < -0.39 is 0 Å². The molecule has 0 spiro atoms. The lowest BCUT2D eigenvalue weighted by Crippen LogP contribution is -2.40.